The molecule has 1 aliphatic rings. The summed E-state index contributed by atoms with van der Waals surface area (Å²) in [5, 5.41) is 3.35. The van der Waals surface area contributed by atoms with Gasteiger partial charge in [-0.05, 0) is 37.1 Å². The Hall–Kier alpha value is -0.710. The van der Waals surface area contributed by atoms with Gasteiger partial charge in [0.25, 0.3) is 0 Å². The van der Waals surface area contributed by atoms with Gasteiger partial charge in [0.15, 0.2) is 0 Å². The van der Waals surface area contributed by atoms with Crippen LogP contribution in [0.25, 0.3) is 0 Å². The van der Waals surface area contributed by atoms with E-state index in [0.717, 1.165) is 48.2 Å². The van der Waals surface area contributed by atoms with Gasteiger partial charge in [0.2, 0.25) is 0 Å². The summed E-state index contributed by atoms with van der Waals surface area (Å²) in [7, 11) is 0. The molecule has 0 aliphatic carbocycles. The first-order valence-electron chi connectivity index (χ1n) is 6.61. The molecule has 1 aromatic rings. The summed E-state index contributed by atoms with van der Waals surface area (Å²) < 4.78 is 14.4. The Morgan fingerprint density at radius 2 is 2.11 bits per heavy atom. The highest BCUT2D eigenvalue weighted by atomic mass is 79.9. The molecule has 1 aliphatic heterocycles. The molecule has 1 N–H and O–H groups in total. The molecule has 0 bridgehead atoms. The van der Waals surface area contributed by atoms with Crippen molar-refractivity contribution in [3.63, 3.8) is 0 Å². The van der Waals surface area contributed by atoms with Crippen LogP contribution in [0.5, 0.6) is 0 Å². The Morgan fingerprint density at radius 1 is 1.42 bits per heavy atom. The third-order valence-corrected chi connectivity index (χ3v) is 3.86. The standard InChI is InChI=1S/C15H20BrFN2/c1-11(2)7-15(19-5-3-18-4-6-19)12-8-13(16)10-14(17)9-12/h8-10,15,18H,1,3-7H2,2H3/t15-/m1/s1. The first-order chi connectivity index (χ1) is 9.06. The van der Waals surface area contributed by atoms with Gasteiger partial charge in [-0.25, -0.2) is 4.39 Å². The van der Waals surface area contributed by atoms with E-state index in [9.17, 15) is 4.39 Å². The molecule has 4 heteroatoms. The molecular formula is C15H20BrFN2. The smallest absolute Gasteiger partial charge is 0.124 e. The zero-order valence-corrected chi connectivity index (χ0v) is 12.8. The van der Waals surface area contributed by atoms with E-state index in [1.54, 1.807) is 6.07 Å². The molecular weight excluding hydrogens is 307 g/mol. The maximum atomic E-state index is 13.6. The Labute approximate surface area is 122 Å². The topological polar surface area (TPSA) is 15.3 Å². The lowest BCUT2D eigenvalue weighted by Crippen LogP contribution is -2.45. The zero-order chi connectivity index (χ0) is 13.8. The molecule has 0 amide bonds. The second-order valence-electron chi connectivity index (χ2n) is 5.17. The van der Waals surface area contributed by atoms with E-state index in [-0.39, 0.29) is 11.9 Å². The van der Waals surface area contributed by atoms with Crippen molar-refractivity contribution in [2.24, 2.45) is 0 Å². The Kier molecular flexibility index (Phi) is 5.13. The van der Waals surface area contributed by atoms with Gasteiger partial charge in [-0.2, -0.15) is 0 Å². The third kappa shape index (κ3) is 4.13. The van der Waals surface area contributed by atoms with Crippen LogP contribution < -0.4 is 5.32 Å². The summed E-state index contributed by atoms with van der Waals surface area (Å²) in [4.78, 5) is 2.41. The second-order valence-corrected chi connectivity index (χ2v) is 6.08. The lowest BCUT2D eigenvalue weighted by Gasteiger charge is -2.35. The van der Waals surface area contributed by atoms with Crippen LogP contribution in [0.15, 0.2) is 34.8 Å². The number of halogens is 2. The normalized spacial score (nSPS) is 18.3. The fraction of sp³-hybridized carbons (Fsp3) is 0.467. The predicted molar refractivity (Wildman–Crippen MR) is 80.7 cm³/mol. The largest absolute Gasteiger partial charge is 0.314 e. The molecule has 0 unspecified atom stereocenters. The van der Waals surface area contributed by atoms with Crippen molar-refractivity contribution in [3.05, 3.63) is 46.2 Å². The number of hydrogen-bond acceptors (Lipinski definition) is 2. The fourth-order valence-corrected chi connectivity index (χ4v) is 3.03. The van der Waals surface area contributed by atoms with Crippen molar-refractivity contribution < 1.29 is 4.39 Å². The van der Waals surface area contributed by atoms with Crippen molar-refractivity contribution in [2.75, 3.05) is 26.2 Å². The number of nitrogens with one attached hydrogen (secondary N) is 1. The van der Waals surface area contributed by atoms with Crippen LogP contribution in [0.2, 0.25) is 0 Å². The van der Waals surface area contributed by atoms with Crippen LogP contribution in [0.1, 0.15) is 24.9 Å². The van der Waals surface area contributed by atoms with E-state index in [1.807, 2.05) is 13.0 Å². The Bertz CT molecular complexity index is 435. The average Bonchev–Trinajstić information content (AvgIpc) is 2.35. The molecule has 19 heavy (non-hydrogen) atoms. The van der Waals surface area contributed by atoms with E-state index in [2.05, 4.69) is 32.7 Å². The van der Waals surface area contributed by atoms with Crippen LogP contribution in [0, 0.1) is 5.82 Å². The summed E-state index contributed by atoms with van der Waals surface area (Å²) >= 11 is 3.38. The predicted octanol–water partition coefficient (Wildman–Crippen LogP) is 3.50. The molecule has 0 radical (unpaired) electrons. The molecule has 0 spiro atoms. The highest BCUT2D eigenvalue weighted by Gasteiger charge is 2.22. The van der Waals surface area contributed by atoms with Crippen LogP contribution in [-0.4, -0.2) is 31.1 Å². The van der Waals surface area contributed by atoms with Crippen LogP contribution >= 0.6 is 15.9 Å². The minimum Gasteiger partial charge on any atom is -0.314 e. The van der Waals surface area contributed by atoms with Crippen molar-refractivity contribution in [3.8, 4) is 0 Å². The van der Waals surface area contributed by atoms with E-state index in [0.29, 0.717) is 0 Å². The molecule has 0 saturated carbocycles. The van der Waals surface area contributed by atoms with E-state index >= 15 is 0 Å². The molecule has 1 fully saturated rings. The van der Waals surface area contributed by atoms with Crippen molar-refractivity contribution >= 4 is 15.9 Å². The monoisotopic (exact) mass is 326 g/mol. The highest BCUT2D eigenvalue weighted by Crippen LogP contribution is 2.30. The van der Waals surface area contributed by atoms with E-state index in [1.165, 1.54) is 6.07 Å². The van der Waals surface area contributed by atoms with E-state index in [4.69, 9.17) is 0 Å². The SMILES string of the molecule is C=C(C)C[C@H](c1cc(F)cc(Br)c1)N1CCNCC1. The average molecular weight is 327 g/mol. The first-order valence-corrected chi connectivity index (χ1v) is 7.40. The highest BCUT2D eigenvalue weighted by molar-refractivity contribution is 9.10. The Morgan fingerprint density at radius 3 is 2.68 bits per heavy atom. The first kappa shape index (κ1) is 14.7. The van der Waals surface area contributed by atoms with Gasteiger partial charge in [0.1, 0.15) is 5.82 Å². The van der Waals surface area contributed by atoms with Crippen LogP contribution in [0.4, 0.5) is 4.39 Å². The molecule has 1 saturated heterocycles. The summed E-state index contributed by atoms with van der Waals surface area (Å²) in [6.07, 6.45) is 0.871. The minimum atomic E-state index is -0.189. The minimum absolute atomic E-state index is 0.189. The lowest BCUT2D eigenvalue weighted by molar-refractivity contribution is 0.172. The zero-order valence-electron chi connectivity index (χ0n) is 11.3. The van der Waals surface area contributed by atoms with Gasteiger partial charge in [0.05, 0.1) is 0 Å². The number of nitrogens with zero attached hydrogens (tertiary/aromatic N) is 1. The number of piperazine rings is 1. The summed E-state index contributed by atoms with van der Waals surface area (Å²) in [6.45, 7) is 10.0. The molecule has 1 atom stereocenters. The summed E-state index contributed by atoms with van der Waals surface area (Å²) in [5.41, 5.74) is 2.15. The third-order valence-electron chi connectivity index (χ3n) is 3.40. The molecule has 104 valence electrons. The number of hydrogen-bond donors (Lipinski definition) is 1. The maximum Gasteiger partial charge on any atom is 0.124 e. The molecule has 1 aromatic carbocycles. The van der Waals surface area contributed by atoms with Gasteiger partial charge >= 0.3 is 0 Å². The molecule has 0 aromatic heterocycles. The quantitative estimate of drug-likeness (QED) is 0.852. The number of rotatable bonds is 4. The summed E-state index contributed by atoms with van der Waals surface area (Å²) in [5.74, 6) is -0.189. The molecule has 1 heterocycles. The van der Waals surface area contributed by atoms with Crippen LogP contribution in [0.3, 0.4) is 0 Å². The fourth-order valence-electron chi connectivity index (χ4n) is 2.55. The van der Waals surface area contributed by atoms with Gasteiger partial charge in [-0.3, -0.25) is 4.90 Å². The summed E-state index contributed by atoms with van der Waals surface area (Å²) in [6, 6.07) is 5.37. The van der Waals surface area contributed by atoms with Gasteiger partial charge < -0.3 is 5.32 Å². The van der Waals surface area contributed by atoms with Crippen LogP contribution in [-0.2, 0) is 0 Å². The van der Waals surface area contributed by atoms with Crippen molar-refractivity contribution in [2.45, 2.75) is 19.4 Å². The van der Waals surface area contributed by atoms with Gasteiger partial charge in [-0.15, -0.1) is 6.58 Å². The lowest BCUT2D eigenvalue weighted by atomic mass is 9.98. The van der Waals surface area contributed by atoms with Crippen molar-refractivity contribution in [1.29, 1.82) is 0 Å². The van der Waals surface area contributed by atoms with Gasteiger partial charge in [-0.1, -0.05) is 21.5 Å². The van der Waals surface area contributed by atoms with Crippen molar-refractivity contribution in [1.82, 2.24) is 10.2 Å². The molecule has 2 nitrogen and oxygen atoms in total. The van der Waals surface area contributed by atoms with E-state index < -0.39 is 0 Å². The maximum absolute atomic E-state index is 13.6. The second kappa shape index (κ2) is 6.64. The number of benzene rings is 1. The molecule has 2 rings (SSSR count). The van der Waals surface area contributed by atoms with Gasteiger partial charge in [0, 0.05) is 36.7 Å². The Balaban J connectivity index is 2.27.